The fourth-order valence-electron chi connectivity index (χ4n) is 2.70. The molecule has 182 valence electrons. The number of anilines is 1. The van der Waals surface area contributed by atoms with Gasteiger partial charge in [0, 0.05) is 35.9 Å². The molecule has 33 heavy (non-hydrogen) atoms. The molecule has 0 fully saturated rings. The van der Waals surface area contributed by atoms with Crippen molar-refractivity contribution < 1.29 is 37.9 Å². The molecule has 0 aliphatic carbocycles. The van der Waals surface area contributed by atoms with E-state index in [1.807, 2.05) is 0 Å². The second-order valence-corrected chi connectivity index (χ2v) is 9.23. The number of nitrogens with zero attached hydrogens (tertiary/aromatic N) is 3. The molecule has 2 rings (SSSR count). The summed E-state index contributed by atoms with van der Waals surface area (Å²) in [6.07, 6.45) is 2.10. The molecule has 0 atom stereocenters. The fraction of sp³-hybridized carbons (Fsp3) is 0.368. The number of carbonyl (C=O) groups is 1. The maximum Gasteiger partial charge on any atom is 0.469 e. The van der Waals surface area contributed by atoms with E-state index in [-0.39, 0.29) is 54.2 Å². The highest BCUT2D eigenvalue weighted by Crippen LogP contribution is 2.36. The number of aliphatic hydroxyl groups is 1. The standard InChI is InChI=1S/C19H27N4O8PS/c1-12(23(11-24)9-14-8-21-13(2)22-18(14)20)17(6-7-30-32(26,27)28)33-19(25)16-5-4-15(31-16)10-29-3/h4-5,8,11,25,33H,6-7,9-10H2,1-3H3,(H2,20,21,22)(H2,26,27,28)/b17-12-. The molecule has 2 aromatic heterocycles. The number of furan rings is 1. The molecule has 1 amide bonds. The lowest BCUT2D eigenvalue weighted by molar-refractivity contribution is -0.116. The van der Waals surface area contributed by atoms with E-state index < -0.39 is 7.82 Å². The molecule has 0 spiro atoms. The van der Waals surface area contributed by atoms with Gasteiger partial charge in [-0.2, -0.15) is 0 Å². The number of thiol groups is 1. The molecule has 0 aliphatic rings. The van der Waals surface area contributed by atoms with Crippen molar-refractivity contribution in [3.63, 3.8) is 0 Å². The van der Waals surface area contributed by atoms with Gasteiger partial charge in [-0.15, -0.1) is 11.4 Å². The number of nitrogens with two attached hydrogens (primary N) is 1. The third-order valence-electron chi connectivity index (χ3n) is 4.34. The van der Waals surface area contributed by atoms with Crippen LogP contribution in [0.3, 0.4) is 0 Å². The number of methoxy groups -OCH3 is 1. The van der Waals surface area contributed by atoms with E-state index in [1.54, 1.807) is 26.0 Å². The van der Waals surface area contributed by atoms with Gasteiger partial charge < -0.3 is 34.7 Å². The van der Waals surface area contributed by atoms with Crippen LogP contribution in [0.2, 0.25) is 0 Å². The highest BCUT2D eigenvalue weighted by Gasteiger charge is 2.17. The third-order valence-corrected chi connectivity index (χ3v) is 6.11. The van der Waals surface area contributed by atoms with Gasteiger partial charge in [0.2, 0.25) is 6.41 Å². The predicted molar refractivity (Wildman–Crippen MR) is 123 cm³/mol. The van der Waals surface area contributed by atoms with Gasteiger partial charge in [-0.3, -0.25) is 9.32 Å². The van der Waals surface area contributed by atoms with Crippen LogP contribution in [0.5, 0.6) is 0 Å². The lowest BCUT2D eigenvalue weighted by atomic mass is 10.2. The normalized spacial score (nSPS) is 13.3. The van der Waals surface area contributed by atoms with Crippen LogP contribution >= 0.6 is 19.2 Å². The van der Waals surface area contributed by atoms with E-state index in [0.717, 1.165) is 0 Å². The number of rotatable bonds is 12. The molecule has 14 heteroatoms. The minimum absolute atomic E-state index is 0.0123. The summed E-state index contributed by atoms with van der Waals surface area (Å²) in [5.41, 5.74) is 6.87. The summed E-state index contributed by atoms with van der Waals surface area (Å²) in [5.74, 6) is 1.41. The number of amides is 1. The Morgan fingerprint density at radius 2 is 2.12 bits per heavy atom. The Labute approximate surface area is 194 Å². The van der Waals surface area contributed by atoms with Crippen LogP contribution in [0.4, 0.5) is 5.82 Å². The highest BCUT2D eigenvalue weighted by molar-refractivity contribution is 8.02. The highest BCUT2D eigenvalue weighted by atomic mass is 32.1. The Hall–Kier alpha value is -2.38. The molecule has 0 bridgehead atoms. The average Bonchev–Trinajstić information content (AvgIpc) is 3.20. The number of ether oxygens (including phenoxy) is 1. The van der Waals surface area contributed by atoms with Crippen LogP contribution in [-0.2, 0) is 31.8 Å². The topological polar surface area (TPSA) is 181 Å². The van der Waals surface area contributed by atoms with Crippen LogP contribution in [0.15, 0.2) is 33.3 Å². The zero-order chi connectivity index (χ0) is 24.6. The van der Waals surface area contributed by atoms with Gasteiger partial charge in [-0.25, -0.2) is 14.5 Å². The molecule has 2 aromatic rings. The number of aryl methyl sites for hydroxylation is 1. The molecule has 2 heterocycles. The van der Waals surface area contributed by atoms with Crippen LogP contribution in [0.25, 0.3) is 0 Å². The molecule has 0 saturated carbocycles. The molecule has 5 N–H and O–H groups in total. The van der Waals surface area contributed by atoms with Crippen LogP contribution in [0, 0.1) is 6.92 Å². The number of nitrogen functional groups attached to an aromatic ring is 1. The number of allylic oxidation sites excluding steroid dienone is 1. The Morgan fingerprint density at radius 1 is 1.39 bits per heavy atom. The van der Waals surface area contributed by atoms with Gasteiger partial charge in [0.05, 0.1) is 13.2 Å². The molecule has 0 aliphatic heterocycles. The van der Waals surface area contributed by atoms with Crippen molar-refractivity contribution in [2.45, 2.75) is 33.4 Å². The van der Waals surface area contributed by atoms with E-state index in [9.17, 15) is 14.5 Å². The van der Waals surface area contributed by atoms with Crippen molar-refractivity contribution in [2.24, 2.45) is 0 Å². The summed E-state index contributed by atoms with van der Waals surface area (Å²) in [6.45, 7) is 3.25. The molecular weight excluding hydrogens is 475 g/mol. The number of phosphoric acid groups is 1. The summed E-state index contributed by atoms with van der Waals surface area (Å²) in [5, 5.41) is 10.4. The van der Waals surface area contributed by atoms with Crippen molar-refractivity contribution in [3.8, 4) is 0 Å². The van der Waals surface area contributed by atoms with Crippen molar-refractivity contribution in [1.29, 1.82) is 0 Å². The smallest absolute Gasteiger partial charge is 0.456 e. The first-order valence-corrected chi connectivity index (χ1v) is 12.0. The fourth-order valence-corrected chi connectivity index (χ4v) is 4.01. The monoisotopic (exact) mass is 502 g/mol. The van der Waals surface area contributed by atoms with Gasteiger partial charge >= 0.3 is 7.82 Å². The van der Waals surface area contributed by atoms with Crippen LogP contribution in [0.1, 0.15) is 36.3 Å². The zero-order valence-electron chi connectivity index (χ0n) is 18.3. The number of aromatic nitrogens is 2. The summed E-state index contributed by atoms with van der Waals surface area (Å²) in [4.78, 5) is 39.8. The predicted octanol–water partition coefficient (Wildman–Crippen LogP) is 2.00. The SMILES string of the molecule is COCc1ccc(/C(O)=[SH]/C(CCOP(=O)(O)O)=C(/C)N(C=O)Cc2cnc(C)nc2N)o1. The molecule has 0 radical (unpaired) electrons. The number of aliphatic hydroxyl groups excluding tert-OH is 1. The third kappa shape index (κ3) is 8.48. The van der Waals surface area contributed by atoms with E-state index in [1.165, 1.54) is 18.2 Å². The lowest BCUT2D eigenvalue weighted by Gasteiger charge is -2.22. The first-order chi connectivity index (χ1) is 15.5. The molecule has 0 aromatic carbocycles. The van der Waals surface area contributed by atoms with Gasteiger partial charge in [-0.1, -0.05) is 0 Å². The van der Waals surface area contributed by atoms with Crippen LogP contribution in [-0.4, -0.2) is 54.9 Å². The number of hydrogen-bond acceptors (Lipinski definition) is 8. The largest absolute Gasteiger partial charge is 0.469 e. The summed E-state index contributed by atoms with van der Waals surface area (Å²) in [6, 6.07) is 3.22. The molecule has 0 unspecified atom stereocenters. The van der Waals surface area contributed by atoms with Crippen molar-refractivity contribution in [1.82, 2.24) is 14.9 Å². The summed E-state index contributed by atoms with van der Waals surface area (Å²) < 4.78 is 26.1. The van der Waals surface area contributed by atoms with Crippen molar-refractivity contribution in [3.05, 3.63) is 51.8 Å². The van der Waals surface area contributed by atoms with Crippen molar-refractivity contribution >= 4 is 36.5 Å². The maximum absolute atomic E-state index is 11.8. The van der Waals surface area contributed by atoms with Gasteiger partial charge in [0.1, 0.15) is 29.1 Å². The van der Waals surface area contributed by atoms with Crippen LogP contribution < -0.4 is 5.73 Å². The van der Waals surface area contributed by atoms with E-state index in [0.29, 0.717) is 34.2 Å². The Morgan fingerprint density at radius 3 is 2.73 bits per heavy atom. The quantitative estimate of drug-likeness (QED) is 0.124. The zero-order valence-corrected chi connectivity index (χ0v) is 20.1. The number of hydrogen-bond donors (Lipinski definition) is 5. The number of carbonyl (C=O) groups excluding carboxylic acids is 1. The van der Waals surface area contributed by atoms with E-state index in [2.05, 4.69) is 14.5 Å². The van der Waals surface area contributed by atoms with E-state index in [4.69, 9.17) is 24.7 Å². The lowest BCUT2D eigenvalue weighted by Crippen LogP contribution is -2.22. The first kappa shape index (κ1) is 26.9. The average molecular weight is 502 g/mol. The van der Waals surface area contributed by atoms with Crippen molar-refractivity contribution in [2.75, 3.05) is 19.5 Å². The first-order valence-electron chi connectivity index (χ1n) is 9.59. The summed E-state index contributed by atoms with van der Waals surface area (Å²) >= 11 is 0.253. The molecular formula is C19H27N4O8PS. The second-order valence-electron chi connectivity index (χ2n) is 6.80. The minimum Gasteiger partial charge on any atom is -0.456 e. The van der Waals surface area contributed by atoms with E-state index >= 15 is 0 Å². The minimum atomic E-state index is -4.69. The molecule has 0 saturated heterocycles. The summed E-state index contributed by atoms with van der Waals surface area (Å²) in [7, 11) is -3.18. The maximum atomic E-state index is 11.8. The Kier molecular flexibility index (Phi) is 9.92. The van der Waals surface area contributed by atoms with Gasteiger partial charge in [0.15, 0.2) is 5.76 Å². The Balaban J connectivity index is 2.38. The molecule has 12 nitrogen and oxygen atoms in total. The number of phosphoric ester groups is 1. The van der Waals surface area contributed by atoms with Gasteiger partial charge in [0.25, 0.3) is 0 Å². The Bertz CT molecular complexity index is 1080. The van der Waals surface area contributed by atoms with Gasteiger partial charge in [-0.05, 0) is 26.0 Å². The second kappa shape index (κ2) is 12.2.